The molecule has 0 atom stereocenters. The number of aryl methyl sites for hydroxylation is 2. The van der Waals surface area contributed by atoms with Crippen LogP contribution in [-0.2, 0) is 11.2 Å². The van der Waals surface area contributed by atoms with Gasteiger partial charge in [0.25, 0.3) is 0 Å². The second-order valence-electron chi connectivity index (χ2n) is 6.77. The Morgan fingerprint density at radius 2 is 1.72 bits per heavy atom. The number of fused-ring (bicyclic) bond motifs is 1. The van der Waals surface area contributed by atoms with Crippen LogP contribution >= 0.6 is 0 Å². The molecule has 6 N–H and O–H groups in total. The first-order chi connectivity index (χ1) is 13.9. The van der Waals surface area contributed by atoms with E-state index in [9.17, 15) is 4.79 Å². The van der Waals surface area contributed by atoms with Gasteiger partial charge in [0.1, 0.15) is 11.5 Å². The maximum Gasteiger partial charge on any atom is 0.219 e. The topological polar surface area (TPSA) is 119 Å². The fraction of sp³-hybridized carbons (Fsp3) is 0.636. The first-order valence-corrected chi connectivity index (χ1v) is 10.6. The lowest BCUT2D eigenvalue weighted by Crippen LogP contribution is -2.15. The molecule has 0 radical (unpaired) electrons. The second-order valence-corrected chi connectivity index (χ2v) is 6.77. The Morgan fingerprint density at radius 1 is 1.14 bits per heavy atom. The Kier molecular flexibility index (Phi) is 19.3. The number of imidazole rings is 1. The number of carbonyl (C=O) groups excluding carboxylic acids is 1. The van der Waals surface area contributed by atoms with E-state index in [2.05, 4.69) is 56.0 Å². The van der Waals surface area contributed by atoms with Gasteiger partial charge in [0, 0.05) is 19.7 Å². The smallest absolute Gasteiger partial charge is 0.219 e. The van der Waals surface area contributed by atoms with Crippen molar-refractivity contribution in [1.82, 2.24) is 14.7 Å². The summed E-state index contributed by atoms with van der Waals surface area (Å²) < 4.78 is 1.98. The zero-order valence-electron chi connectivity index (χ0n) is 19.3. The van der Waals surface area contributed by atoms with E-state index in [1.807, 2.05) is 17.5 Å². The number of hydrogen-bond acceptors (Lipinski definition) is 5. The number of amides is 1. The fourth-order valence-corrected chi connectivity index (χ4v) is 2.47. The van der Waals surface area contributed by atoms with Crippen molar-refractivity contribution in [1.29, 1.82) is 0 Å². The molecule has 0 saturated carbocycles. The monoisotopic (exact) mass is 409 g/mol. The second kappa shape index (κ2) is 19.2. The van der Waals surface area contributed by atoms with Gasteiger partial charge in [-0.25, -0.2) is 10.9 Å². The lowest BCUT2D eigenvalue weighted by molar-refractivity contribution is -0.120. The molecule has 0 spiro atoms. The minimum Gasteiger partial charge on any atom is -0.383 e. The van der Waals surface area contributed by atoms with E-state index in [-0.39, 0.29) is 5.91 Å². The van der Waals surface area contributed by atoms with E-state index in [0.29, 0.717) is 6.42 Å². The molecule has 0 aliphatic rings. The summed E-state index contributed by atoms with van der Waals surface area (Å²) in [6.07, 6.45) is 11.2. The molecule has 0 fully saturated rings. The molecule has 2 aromatic heterocycles. The maximum atomic E-state index is 10.1. The van der Waals surface area contributed by atoms with Gasteiger partial charge in [0.05, 0.1) is 5.69 Å². The zero-order chi connectivity index (χ0) is 22.7. The molecule has 7 heteroatoms. The molecule has 2 heterocycles. The lowest BCUT2D eigenvalue weighted by Gasteiger charge is -2.00. The van der Waals surface area contributed by atoms with Crippen molar-refractivity contribution < 1.29 is 10.0 Å². The van der Waals surface area contributed by atoms with Gasteiger partial charge in [-0.15, -0.1) is 0 Å². The number of carbonyl (C=O) groups is 1. The molecule has 1 amide bonds. The van der Waals surface area contributed by atoms with Gasteiger partial charge in [-0.1, -0.05) is 59.8 Å². The Morgan fingerprint density at radius 3 is 2.21 bits per heavy atom. The van der Waals surface area contributed by atoms with Gasteiger partial charge < -0.3 is 16.3 Å². The molecule has 168 valence electrons. The van der Waals surface area contributed by atoms with Crippen LogP contribution in [0.15, 0.2) is 18.3 Å². The number of nitrogens with one attached hydrogen (secondary N) is 1. The summed E-state index contributed by atoms with van der Waals surface area (Å²) in [5, 5.41) is 8.98. The number of pyridine rings is 1. The predicted molar refractivity (Wildman–Crippen MR) is 123 cm³/mol. The Bertz CT molecular complexity index is 650. The fourth-order valence-electron chi connectivity index (χ4n) is 2.47. The van der Waals surface area contributed by atoms with Crippen LogP contribution in [0.1, 0.15) is 83.9 Å². The molecule has 2 aromatic rings. The minimum atomic E-state index is 0.0926. The highest BCUT2D eigenvalue weighted by Crippen LogP contribution is 2.18. The van der Waals surface area contributed by atoms with E-state index in [1.54, 1.807) is 7.05 Å². The largest absolute Gasteiger partial charge is 0.383 e. The van der Waals surface area contributed by atoms with E-state index < -0.39 is 0 Å². The van der Waals surface area contributed by atoms with Crippen molar-refractivity contribution in [3.8, 4) is 0 Å². The molecular weight excluding hydrogens is 366 g/mol. The van der Waals surface area contributed by atoms with Crippen molar-refractivity contribution in [2.75, 3.05) is 12.8 Å². The van der Waals surface area contributed by atoms with Crippen LogP contribution in [0.5, 0.6) is 0 Å². The quantitative estimate of drug-likeness (QED) is 0.393. The number of anilines is 1. The first-order valence-electron chi connectivity index (χ1n) is 10.6. The van der Waals surface area contributed by atoms with Crippen molar-refractivity contribution in [2.45, 2.75) is 86.0 Å². The van der Waals surface area contributed by atoms with Gasteiger partial charge in [-0.3, -0.25) is 9.20 Å². The minimum absolute atomic E-state index is 0.0926. The summed E-state index contributed by atoms with van der Waals surface area (Å²) in [6, 6.07) is 4.15. The molecule has 0 unspecified atom stereocenters. The van der Waals surface area contributed by atoms with Crippen LogP contribution in [0.25, 0.3) is 5.65 Å². The van der Waals surface area contributed by atoms with E-state index in [1.165, 1.54) is 44.1 Å². The normalized spacial score (nSPS) is 9.38. The number of rotatable bonds is 7. The Hall–Kier alpha value is -2.12. The zero-order valence-corrected chi connectivity index (χ0v) is 19.3. The molecule has 7 nitrogen and oxygen atoms in total. The van der Waals surface area contributed by atoms with Crippen molar-refractivity contribution >= 4 is 17.4 Å². The van der Waals surface area contributed by atoms with Gasteiger partial charge in [0.15, 0.2) is 0 Å². The average Bonchev–Trinajstić information content (AvgIpc) is 3.04. The van der Waals surface area contributed by atoms with Crippen LogP contribution in [0.3, 0.4) is 0 Å². The van der Waals surface area contributed by atoms with Gasteiger partial charge in [-0.2, -0.15) is 0 Å². The third kappa shape index (κ3) is 12.9. The molecule has 0 aromatic carbocycles. The highest BCUT2D eigenvalue weighted by Gasteiger charge is 2.08. The standard InChI is InChI=1S/C15H23N3.C4H9NO.C3H8.H3NO/c1-3-4-5-6-7-8-13-15(16)18-10-9-12(2)11-14(18)17-13;1-3-4(6)5-2;1-3-2;1-2/h9-11H,3-8,16H2,1-2H3;3H2,1-2H3,(H,5,6);3H2,1-2H3;2H,1H2. The lowest BCUT2D eigenvalue weighted by atomic mass is 10.1. The first kappa shape index (κ1) is 29.1. The number of nitrogen functional groups attached to an aromatic ring is 1. The highest BCUT2D eigenvalue weighted by atomic mass is 16.4. The van der Waals surface area contributed by atoms with Gasteiger partial charge >= 0.3 is 0 Å². The summed E-state index contributed by atoms with van der Waals surface area (Å²) in [7, 11) is 1.63. The van der Waals surface area contributed by atoms with E-state index in [4.69, 9.17) is 10.9 Å². The molecule has 0 saturated heterocycles. The van der Waals surface area contributed by atoms with Crippen LogP contribution in [0.2, 0.25) is 0 Å². The van der Waals surface area contributed by atoms with Gasteiger partial charge in [-0.05, 0) is 37.5 Å². The number of nitrogens with zero attached hydrogens (tertiary/aromatic N) is 2. The highest BCUT2D eigenvalue weighted by molar-refractivity contribution is 5.74. The summed E-state index contributed by atoms with van der Waals surface area (Å²) in [6.45, 7) is 10.4. The van der Waals surface area contributed by atoms with Crippen LogP contribution in [0, 0.1) is 6.92 Å². The molecule has 2 rings (SSSR count). The number of nitrogens with two attached hydrogens (primary N) is 2. The predicted octanol–water partition coefficient (Wildman–Crippen LogP) is 4.63. The van der Waals surface area contributed by atoms with Crippen LogP contribution < -0.4 is 16.9 Å². The molecule has 0 aliphatic heterocycles. The Balaban J connectivity index is 0. The molecule has 0 aliphatic carbocycles. The van der Waals surface area contributed by atoms with E-state index in [0.717, 1.165) is 23.6 Å². The Labute approximate surface area is 176 Å². The van der Waals surface area contributed by atoms with Crippen LogP contribution in [-0.4, -0.2) is 27.5 Å². The SMILES string of the molecule is CCC.CCC(=O)NC.CCCCCCCc1nc2cc(C)ccn2c1N.NO. The number of aromatic nitrogens is 2. The number of hydrogen-bond donors (Lipinski definition) is 4. The van der Waals surface area contributed by atoms with E-state index >= 15 is 0 Å². The molecular formula is C22H43N5O2. The van der Waals surface area contributed by atoms with Crippen molar-refractivity contribution in [3.63, 3.8) is 0 Å². The summed E-state index contributed by atoms with van der Waals surface area (Å²) in [5.41, 5.74) is 9.38. The third-order valence-corrected chi connectivity index (χ3v) is 4.01. The van der Waals surface area contributed by atoms with Crippen molar-refractivity contribution in [3.05, 3.63) is 29.6 Å². The number of unbranched alkanes of at least 4 members (excludes halogenated alkanes) is 4. The average molecular weight is 410 g/mol. The summed E-state index contributed by atoms with van der Waals surface area (Å²) in [4.78, 5) is 14.7. The summed E-state index contributed by atoms with van der Waals surface area (Å²) in [5.74, 6) is 4.40. The molecule has 29 heavy (non-hydrogen) atoms. The molecule has 0 bridgehead atoms. The third-order valence-electron chi connectivity index (χ3n) is 4.01. The maximum absolute atomic E-state index is 10.1. The summed E-state index contributed by atoms with van der Waals surface area (Å²) >= 11 is 0. The van der Waals surface area contributed by atoms with Gasteiger partial charge in [0.2, 0.25) is 5.91 Å². The van der Waals surface area contributed by atoms with Crippen molar-refractivity contribution in [2.24, 2.45) is 5.90 Å². The van der Waals surface area contributed by atoms with Crippen LogP contribution in [0.4, 0.5) is 5.82 Å².